The number of hydrogen-bond acceptors (Lipinski definition) is 6. The summed E-state index contributed by atoms with van der Waals surface area (Å²) in [5.41, 5.74) is 10.6. The Hall–Kier alpha value is -4.00. The molecule has 1 unspecified atom stereocenters. The van der Waals surface area contributed by atoms with Crippen LogP contribution in [0, 0.1) is 0 Å². The Kier molecular flexibility index (Phi) is 6.08. The number of aliphatic hydroxyl groups is 1. The number of fused-ring (bicyclic) bond motifs is 1. The second-order valence-electron chi connectivity index (χ2n) is 8.12. The van der Waals surface area contributed by atoms with Gasteiger partial charge in [-0.1, -0.05) is 54.6 Å². The molecule has 0 radical (unpaired) electrons. The van der Waals surface area contributed by atoms with E-state index in [0.29, 0.717) is 35.7 Å². The third-order valence-electron chi connectivity index (χ3n) is 5.90. The van der Waals surface area contributed by atoms with Crippen LogP contribution in [0.2, 0.25) is 0 Å². The molecule has 5 rings (SSSR count). The molecule has 0 aliphatic carbocycles. The average molecular weight is 453 g/mol. The van der Waals surface area contributed by atoms with Gasteiger partial charge in [-0.05, 0) is 34.9 Å². The third-order valence-corrected chi connectivity index (χ3v) is 5.90. The minimum absolute atomic E-state index is 0.0702. The van der Waals surface area contributed by atoms with Gasteiger partial charge in [-0.25, -0.2) is 0 Å². The number of rotatable bonds is 6. The lowest BCUT2D eigenvalue weighted by Crippen LogP contribution is -2.16. The van der Waals surface area contributed by atoms with Gasteiger partial charge in [0.2, 0.25) is 0 Å². The molecule has 0 fully saturated rings. The molecule has 0 spiro atoms. The lowest BCUT2D eigenvalue weighted by atomic mass is 9.93. The van der Waals surface area contributed by atoms with Gasteiger partial charge in [0.15, 0.2) is 5.78 Å². The maximum atomic E-state index is 12.2. The smallest absolute Gasteiger partial charge is 0.169 e. The number of carbonyl (C=O) groups is 1. The molecule has 6 nitrogen and oxygen atoms in total. The number of benzene rings is 3. The summed E-state index contributed by atoms with van der Waals surface area (Å²) in [4.78, 5) is 16.5. The van der Waals surface area contributed by atoms with Gasteiger partial charge in [0.1, 0.15) is 23.8 Å². The van der Waals surface area contributed by atoms with E-state index in [1.165, 1.54) is 0 Å². The zero-order valence-electron chi connectivity index (χ0n) is 18.4. The second-order valence-corrected chi connectivity index (χ2v) is 8.12. The van der Waals surface area contributed by atoms with E-state index in [-0.39, 0.29) is 5.78 Å². The minimum atomic E-state index is -1.05. The number of aliphatic hydroxyl groups excluding tert-OH is 1. The van der Waals surface area contributed by atoms with E-state index < -0.39 is 12.3 Å². The van der Waals surface area contributed by atoms with E-state index in [1.54, 1.807) is 36.5 Å². The number of hydrogen-bond donors (Lipinski definition) is 2. The summed E-state index contributed by atoms with van der Waals surface area (Å²) in [5.74, 6) is 1.19. The summed E-state index contributed by atoms with van der Waals surface area (Å²) in [6.07, 6.45) is 2.41. The van der Waals surface area contributed by atoms with E-state index in [4.69, 9.17) is 15.2 Å². The van der Waals surface area contributed by atoms with Crippen molar-refractivity contribution < 1.29 is 19.4 Å². The standard InChI is InChI=1S/C28H24N2O4/c29-28(32)20-8-6-19(7-9-20)27(22-12-14-30-17-24(22)18-4-2-1-3-5-18)34-21-10-11-23-25(31)13-15-33-26(23)16-21/h1-12,14,16-17,27-28,32H,13,15,29H2/t27-,28?/m0/s1. The van der Waals surface area contributed by atoms with Gasteiger partial charge < -0.3 is 20.3 Å². The first-order valence-corrected chi connectivity index (χ1v) is 11.1. The van der Waals surface area contributed by atoms with Crippen LogP contribution >= 0.6 is 0 Å². The Morgan fingerprint density at radius 3 is 2.47 bits per heavy atom. The van der Waals surface area contributed by atoms with Gasteiger partial charge in [-0.3, -0.25) is 9.78 Å². The van der Waals surface area contributed by atoms with Crippen molar-refractivity contribution in [3.63, 3.8) is 0 Å². The molecule has 6 heteroatoms. The molecule has 0 bridgehead atoms. The maximum absolute atomic E-state index is 12.2. The Labute approximate surface area is 197 Å². The van der Waals surface area contributed by atoms with Crippen LogP contribution < -0.4 is 15.2 Å². The molecule has 2 atom stereocenters. The first-order chi connectivity index (χ1) is 16.6. The average Bonchev–Trinajstić information content (AvgIpc) is 2.88. The molecule has 1 aromatic heterocycles. The lowest BCUT2D eigenvalue weighted by Gasteiger charge is -2.24. The van der Waals surface area contributed by atoms with Crippen molar-refractivity contribution in [3.05, 3.63) is 114 Å². The highest BCUT2D eigenvalue weighted by Crippen LogP contribution is 2.37. The number of nitrogens with zero attached hydrogens (tertiary/aromatic N) is 1. The SMILES string of the molecule is NC(O)c1ccc([C@H](Oc2ccc3c(c2)OCCC3=O)c2ccncc2-c2ccccc2)cc1. The van der Waals surface area contributed by atoms with Crippen molar-refractivity contribution in [2.45, 2.75) is 18.8 Å². The Balaban J connectivity index is 1.59. The van der Waals surface area contributed by atoms with Gasteiger partial charge in [-0.15, -0.1) is 0 Å². The molecule has 34 heavy (non-hydrogen) atoms. The van der Waals surface area contributed by atoms with Crippen molar-refractivity contribution in [1.82, 2.24) is 4.98 Å². The van der Waals surface area contributed by atoms with Crippen LogP contribution in [0.15, 0.2) is 91.3 Å². The zero-order chi connectivity index (χ0) is 23.5. The number of ketones is 1. The van der Waals surface area contributed by atoms with Crippen molar-refractivity contribution in [2.75, 3.05) is 6.61 Å². The van der Waals surface area contributed by atoms with E-state index in [2.05, 4.69) is 4.98 Å². The first-order valence-electron chi connectivity index (χ1n) is 11.1. The van der Waals surface area contributed by atoms with Crippen molar-refractivity contribution in [2.24, 2.45) is 5.73 Å². The van der Waals surface area contributed by atoms with Crippen LogP contribution in [0.5, 0.6) is 11.5 Å². The maximum Gasteiger partial charge on any atom is 0.169 e. The van der Waals surface area contributed by atoms with Gasteiger partial charge in [0.05, 0.1) is 12.2 Å². The monoisotopic (exact) mass is 452 g/mol. The van der Waals surface area contributed by atoms with Crippen molar-refractivity contribution >= 4 is 5.78 Å². The Morgan fingerprint density at radius 1 is 0.941 bits per heavy atom. The molecular formula is C28H24N2O4. The fourth-order valence-corrected chi connectivity index (χ4v) is 4.12. The highest BCUT2D eigenvalue weighted by atomic mass is 16.5. The Morgan fingerprint density at radius 2 is 1.71 bits per heavy atom. The summed E-state index contributed by atoms with van der Waals surface area (Å²) >= 11 is 0. The van der Waals surface area contributed by atoms with E-state index >= 15 is 0 Å². The molecule has 170 valence electrons. The predicted octanol–water partition coefficient (Wildman–Crippen LogP) is 4.83. The number of nitrogens with two attached hydrogens (primary N) is 1. The van der Waals surface area contributed by atoms with E-state index in [1.807, 2.05) is 54.7 Å². The topological polar surface area (TPSA) is 94.7 Å². The molecule has 3 N–H and O–H groups in total. The van der Waals surface area contributed by atoms with Gasteiger partial charge in [0, 0.05) is 36.0 Å². The van der Waals surface area contributed by atoms with Crippen LogP contribution in [0.25, 0.3) is 11.1 Å². The van der Waals surface area contributed by atoms with Crippen LogP contribution in [0.4, 0.5) is 0 Å². The molecule has 0 saturated heterocycles. The first kappa shape index (κ1) is 21.8. The highest BCUT2D eigenvalue weighted by molar-refractivity contribution is 5.99. The number of aromatic nitrogens is 1. The van der Waals surface area contributed by atoms with Crippen molar-refractivity contribution in [3.8, 4) is 22.6 Å². The third kappa shape index (κ3) is 4.41. The molecule has 0 saturated carbocycles. The summed E-state index contributed by atoms with van der Waals surface area (Å²) in [6.45, 7) is 0.365. The van der Waals surface area contributed by atoms with Crippen molar-refractivity contribution in [1.29, 1.82) is 0 Å². The molecular weight excluding hydrogens is 428 g/mol. The van der Waals surface area contributed by atoms with E-state index in [0.717, 1.165) is 22.3 Å². The van der Waals surface area contributed by atoms with Gasteiger partial charge in [-0.2, -0.15) is 0 Å². The van der Waals surface area contributed by atoms with Crippen LogP contribution in [0.3, 0.4) is 0 Å². The van der Waals surface area contributed by atoms with Crippen LogP contribution in [-0.2, 0) is 0 Å². The van der Waals surface area contributed by atoms with Gasteiger partial charge in [0.25, 0.3) is 0 Å². The Bertz CT molecular complexity index is 1300. The summed E-state index contributed by atoms with van der Waals surface area (Å²) in [7, 11) is 0. The number of pyridine rings is 1. The molecule has 0 amide bonds. The quantitative estimate of drug-likeness (QED) is 0.407. The molecule has 3 aromatic carbocycles. The second kappa shape index (κ2) is 9.47. The normalized spacial score (nSPS) is 14.6. The molecule has 4 aromatic rings. The zero-order valence-corrected chi connectivity index (χ0v) is 18.4. The predicted molar refractivity (Wildman–Crippen MR) is 129 cm³/mol. The number of carbonyl (C=O) groups excluding carboxylic acids is 1. The molecule has 1 aliphatic heterocycles. The highest BCUT2D eigenvalue weighted by Gasteiger charge is 2.23. The molecule has 2 heterocycles. The van der Waals surface area contributed by atoms with Crippen LogP contribution in [-0.4, -0.2) is 22.5 Å². The van der Waals surface area contributed by atoms with Crippen LogP contribution in [0.1, 0.15) is 45.8 Å². The van der Waals surface area contributed by atoms with Gasteiger partial charge >= 0.3 is 0 Å². The number of Topliss-reactive ketones (excluding diaryl/α,β-unsaturated/α-hetero) is 1. The fraction of sp³-hybridized carbons (Fsp3) is 0.143. The fourth-order valence-electron chi connectivity index (χ4n) is 4.12. The summed E-state index contributed by atoms with van der Waals surface area (Å²) in [6, 6.07) is 24.6. The van der Waals surface area contributed by atoms with E-state index in [9.17, 15) is 9.90 Å². The largest absolute Gasteiger partial charge is 0.492 e. The summed E-state index contributed by atoms with van der Waals surface area (Å²) in [5, 5.41) is 9.73. The lowest BCUT2D eigenvalue weighted by molar-refractivity contribution is 0.0933. The minimum Gasteiger partial charge on any atom is -0.492 e. The molecule has 1 aliphatic rings. The summed E-state index contributed by atoms with van der Waals surface area (Å²) < 4.78 is 12.2. The number of ether oxygens (including phenoxy) is 2.